The van der Waals surface area contributed by atoms with Crippen molar-refractivity contribution in [1.29, 1.82) is 0 Å². The number of nitrogens with zero attached hydrogens (tertiary/aromatic N) is 1. The highest BCUT2D eigenvalue weighted by Gasteiger charge is 2.25. The lowest BCUT2D eigenvalue weighted by atomic mass is 9.97. The number of fused-ring (bicyclic) bond motifs is 1. The monoisotopic (exact) mass is 504 g/mol. The molecule has 1 aliphatic heterocycles. The van der Waals surface area contributed by atoms with Gasteiger partial charge in [0.1, 0.15) is 10.6 Å². The van der Waals surface area contributed by atoms with Crippen LogP contribution in [-0.4, -0.2) is 58.3 Å². The van der Waals surface area contributed by atoms with Crippen LogP contribution >= 0.6 is 0 Å². The van der Waals surface area contributed by atoms with Gasteiger partial charge in [0.2, 0.25) is 10.0 Å². The lowest BCUT2D eigenvalue weighted by Gasteiger charge is -2.23. The molecule has 0 fully saturated rings. The fourth-order valence-corrected chi connectivity index (χ4v) is 5.61. The molecule has 1 aliphatic rings. The van der Waals surface area contributed by atoms with Crippen molar-refractivity contribution >= 4 is 21.6 Å². The summed E-state index contributed by atoms with van der Waals surface area (Å²) >= 11 is 0. The lowest BCUT2D eigenvalue weighted by molar-refractivity contribution is 0.100. The summed E-state index contributed by atoms with van der Waals surface area (Å²) < 4.78 is 28.9. The topological polar surface area (TPSA) is 148 Å². The number of ether oxygens (including phenoxy) is 1. The van der Waals surface area contributed by atoms with Gasteiger partial charge in [0, 0.05) is 31.8 Å². The molecule has 192 valence electrons. The molecule has 10 heteroatoms. The third-order valence-corrected chi connectivity index (χ3v) is 7.19. The van der Waals surface area contributed by atoms with E-state index in [4.69, 9.17) is 15.6 Å². The third-order valence-electron chi connectivity index (χ3n) is 6.25. The predicted octanol–water partition coefficient (Wildman–Crippen LogP) is 1.34. The molecule has 2 aromatic rings. The molecule has 2 unspecified atom stereocenters. The number of benzene rings is 2. The molecule has 0 spiro atoms. The highest BCUT2D eigenvalue weighted by molar-refractivity contribution is 7.89. The first-order valence-electron chi connectivity index (χ1n) is 11.8. The summed E-state index contributed by atoms with van der Waals surface area (Å²) in [6, 6.07) is 9.19. The number of methoxy groups -OCH3 is 1. The number of hydrogen-bond donors (Lipinski definition) is 4. The SMILES string of the molecule is COc1ccc(CC(C)NC(C)Cc2cc3c(c(C(N)=O)c2)N(CCCO)CC3)cc1S(N)(=O)=O. The second-order valence-corrected chi connectivity index (χ2v) is 10.8. The fourth-order valence-electron chi connectivity index (χ4n) is 4.86. The summed E-state index contributed by atoms with van der Waals surface area (Å²) in [5, 5.41) is 18.1. The molecule has 0 aliphatic carbocycles. The minimum Gasteiger partial charge on any atom is -0.495 e. The standard InChI is InChI=1S/C25H36N4O5S/c1-16(11-18-5-6-22(34-3)23(15-18)35(27,32)33)28-17(2)12-19-13-20-7-9-29(8-4-10-30)24(20)21(14-19)25(26)31/h5-6,13-17,28,30H,4,7-12H2,1-3H3,(H2,26,31)(H2,27,32,33). The summed E-state index contributed by atoms with van der Waals surface area (Å²) in [5.74, 6) is -0.222. The van der Waals surface area contributed by atoms with Gasteiger partial charge in [-0.15, -0.1) is 0 Å². The minimum atomic E-state index is -3.89. The number of primary amides is 1. The molecule has 35 heavy (non-hydrogen) atoms. The van der Waals surface area contributed by atoms with E-state index < -0.39 is 15.9 Å². The Hall–Kier alpha value is -2.66. The molecule has 0 aromatic heterocycles. The Morgan fingerprint density at radius 2 is 1.86 bits per heavy atom. The molecule has 0 saturated heterocycles. The van der Waals surface area contributed by atoms with Crippen LogP contribution in [0.25, 0.3) is 0 Å². The van der Waals surface area contributed by atoms with E-state index in [0.29, 0.717) is 31.4 Å². The van der Waals surface area contributed by atoms with Crippen molar-refractivity contribution in [2.24, 2.45) is 10.9 Å². The number of rotatable bonds is 12. The predicted molar refractivity (Wildman–Crippen MR) is 136 cm³/mol. The minimum absolute atomic E-state index is 0.0251. The highest BCUT2D eigenvalue weighted by Crippen LogP contribution is 2.33. The number of nitrogens with two attached hydrogens (primary N) is 2. The quantitative estimate of drug-likeness (QED) is 0.341. The number of nitrogens with one attached hydrogen (secondary N) is 1. The highest BCUT2D eigenvalue weighted by atomic mass is 32.2. The molecule has 0 saturated carbocycles. The van der Waals surface area contributed by atoms with E-state index in [1.165, 1.54) is 7.11 Å². The molecule has 9 nitrogen and oxygen atoms in total. The summed E-state index contributed by atoms with van der Waals surface area (Å²) in [4.78, 5) is 14.3. The van der Waals surface area contributed by atoms with Gasteiger partial charge < -0.3 is 25.8 Å². The Kier molecular flexibility index (Phi) is 8.76. The number of hydrogen-bond acceptors (Lipinski definition) is 7. The molecule has 1 amide bonds. The van der Waals surface area contributed by atoms with Crippen LogP contribution in [0, 0.1) is 0 Å². The second-order valence-electron chi connectivity index (χ2n) is 9.24. The number of carbonyl (C=O) groups is 1. The van der Waals surface area contributed by atoms with Crippen molar-refractivity contribution in [3.63, 3.8) is 0 Å². The van der Waals surface area contributed by atoms with E-state index in [1.807, 2.05) is 19.1 Å². The first kappa shape index (κ1) is 26.9. The Bertz CT molecular complexity index is 1170. The number of amides is 1. The summed E-state index contributed by atoms with van der Waals surface area (Å²) in [6.07, 6.45) is 2.80. The van der Waals surface area contributed by atoms with Crippen LogP contribution in [0.2, 0.25) is 0 Å². The Morgan fingerprint density at radius 3 is 2.46 bits per heavy atom. The lowest BCUT2D eigenvalue weighted by Crippen LogP contribution is -2.37. The Morgan fingerprint density at radius 1 is 1.17 bits per heavy atom. The van der Waals surface area contributed by atoms with Gasteiger partial charge in [-0.3, -0.25) is 4.79 Å². The van der Waals surface area contributed by atoms with Crippen LogP contribution in [-0.2, 0) is 29.3 Å². The van der Waals surface area contributed by atoms with Crippen LogP contribution in [0.4, 0.5) is 5.69 Å². The number of carbonyl (C=O) groups excluding carboxylic acids is 1. The van der Waals surface area contributed by atoms with E-state index in [-0.39, 0.29) is 29.3 Å². The van der Waals surface area contributed by atoms with Gasteiger partial charge in [-0.1, -0.05) is 12.1 Å². The maximum atomic E-state index is 12.2. The van der Waals surface area contributed by atoms with Gasteiger partial charge >= 0.3 is 0 Å². The normalized spacial score (nSPS) is 15.1. The second kappa shape index (κ2) is 11.4. The van der Waals surface area contributed by atoms with Crippen molar-refractivity contribution in [2.45, 2.75) is 56.5 Å². The van der Waals surface area contributed by atoms with Gasteiger partial charge in [-0.05, 0) is 74.4 Å². The largest absolute Gasteiger partial charge is 0.495 e. The molecule has 0 radical (unpaired) electrons. The smallest absolute Gasteiger partial charge is 0.250 e. The number of anilines is 1. The van der Waals surface area contributed by atoms with E-state index in [2.05, 4.69) is 23.2 Å². The molecule has 2 aromatic carbocycles. The van der Waals surface area contributed by atoms with E-state index in [9.17, 15) is 18.3 Å². The Balaban J connectivity index is 1.69. The zero-order valence-corrected chi connectivity index (χ0v) is 21.4. The average molecular weight is 505 g/mol. The van der Waals surface area contributed by atoms with E-state index in [1.54, 1.807) is 12.1 Å². The van der Waals surface area contributed by atoms with Crippen molar-refractivity contribution in [3.8, 4) is 5.75 Å². The van der Waals surface area contributed by atoms with Crippen LogP contribution < -0.4 is 25.8 Å². The first-order chi connectivity index (χ1) is 16.5. The van der Waals surface area contributed by atoms with Crippen molar-refractivity contribution < 1.29 is 23.1 Å². The van der Waals surface area contributed by atoms with Gasteiger partial charge in [0.15, 0.2) is 0 Å². The first-order valence-corrected chi connectivity index (χ1v) is 13.3. The zero-order valence-electron chi connectivity index (χ0n) is 20.6. The molecular weight excluding hydrogens is 468 g/mol. The van der Waals surface area contributed by atoms with Crippen LogP contribution in [0.3, 0.4) is 0 Å². The number of primary sulfonamides is 1. The van der Waals surface area contributed by atoms with Crippen molar-refractivity contribution in [3.05, 3.63) is 52.6 Å². The summed E-state index contributed by atoms with van der Waals surface area (Å²) in [7, 11) is -2.48. The average Bonchev–Trinajstić information content (AvgIpc) is 3.18. The summed E-state index contributed by atoms with van der Waals surface area (Å²) in [5.41, 5.74) is 10.1. The van der Waals surface area contributed by atoms with Crippen LogP contribution in [0.1, 0.15) is 47.3 Å². The number of aliphatic hydroxyl groups is 1. The van der Waals surface area contributed by atoms with Gasteiger partial charge in [0.05, 0.1) is 18.4 Å². The molecule has 6 N–H and O–H groups in total. The molecule has 0 bridgehead atoms. The third kappa shape index (κ3) is 6.72. The molecule has 3 rings (SSSR count). The Labute approximate surface area is 207 Å². The van der Waals surface area contributed by atoms with Crippen LogP contribution in [0.5, 0.6) is 5.75 Å². The summed E-state index contributed by atoms with van der Waals surface area (Å²) in [6.45, 7) is 5.72. The van der Waals surface area contributed by atoms with Crippen molar-refractivity contribution in [1.82, 2.24) is 5.32 Å². The van der Waals surface area contributed by atoms with Crippen molar-refractivity contribution in [2.75, 3.05) is 31.7 Å². The van der Waals surface area contributed by atoms with Gasteiger partial charge in [-0.25, -0.2) is 13.6 Å². The van der Waals surface area contributed by atoms with Gasteiger partial charge in [0.25, 0.3) is 5.91 Å². The number of sulfonamides is 1. The molecule has 2 atom stereocenters. The van der Waals surface area contributed by atoms with E-state index >= 15 is 0 Å². The maximum Gasteiger partial charge on any atom is 0.250 e. The van der Waals surface area contributed by atoms with E-state index in [0.717, 1.165) is 35.3 Å². The molecule has 1 heterocycles. The fraction of sp³-hybridized carbons (Fsp3) is 0.480. The zero-order chi connectivity index (χ0) is 25.8. The number of aliphatic hydroxyl groups excluding tert-OH is 1. The van der Waals surface area contributed by atoms with Crippen LogP contribution in [0.15, 0.2) is 35.2 Å². The van der Waals surface area contributed by atoms with Gasteiger partial charge in [-0.2, -0.15) is 0 Å². The maximum absolute atomic E-state index is 12.2. The molecular formula is C25H36N4O5S.